The lowest BCUT2D eigenvalue weighted by Gasteiger charge is -2.36. The Labute approximate surface area is 107 Å². The SMILES string of the molecule is CN(C)S(=O)(=O)NCC1(CBr)CCCCC1. The van der Waals surface area contributed by atoms with E-state index in [0.29, 0.717) is 6.54 Å². The van der Waals surface area contributed by atoms with Gasteiger partial charge < -0.3 is 0 Å². The Morgan fingerprint density at radius 3 is 2.25 bits per heavy atom. The van der Waals surface area contributed by atoms with Crippen LogP contribution in [0.2, 0.25) is 0 Å². The monoisotopic (exact) mass is 312 g/mol. The largest absolute Gasteiger partial charge is 0.278 e. The minimum atomic E-state index is -3.28. The van der Waals surface area contributed by atoms with Gasteiger partial charge in [0.2, 0.25) is 0 Å². The number of alkyl halides is 1. The van der Waals surface area contributed by atoms with E-state index < -0.39 is 10.2 Å². The molecule has 0 aromatic carbocycles. The summed E-state index contributed by atoms with van der Waals surface area (Å²) in [6, 6.07) is 0. The van der Waals surface area contributed by atoms with E-state index in [1.54, 1.807) is 14.1 Å². The highest BCUT2D eigenvalue weighted by atomic mass is 79.9. The lowest BCUT2D eigenvalue weighted by atomic mass is 9.76. The summed E-state index contributed by atoms with van der Waals surface area (Å²) in [5.41, 5.74) is 0.112. The van der Waals surface area contributed by atoms with Crippen molar-refractivity contribution in [2.24, 2.45) is 5.41 Å². The first-order chi connectivity index (χ1) is 7.42. The van der Waals surface area contributed by atoms with Crippen molar-refractivity contribution in [1.29, 1.82) is 0 Å². The molecule has 0 aromatic heterocycles. The molecule has 1 fully saturated rings. The molecule has 0 heterocycles. The summed E-state index contributed by atoms with van der Waals surface area (Å²) in [5.74, 6) is 0. The van der Waals surface area contributed by atoms with Crippen LogP contribution in [-0.4, -0.2) is 38.7 Å². The summed E-state index contributed by atoms with van der Waals surface area (Å²) in [4.78, 5) is 0. The highest BCUT2D eigenvalue weighted by molar-refractivity contribution is 9.09. The molecule has 0 saturated heterocycles. The Hall–Kier alpha value is 0.350. The van der Waals surface area contributed by atoms with Gasteiger partial charge in [-0.1, -0.05) is 35.2 Å². The van der Waals surface area contributed by atoms with Crippen molar-refractivity contribution in [1.82, 2.24) is 9.03 Å². The summed E-state index contributed by atoms with van der Waals surface area (Å²) in [5, 5.41) is 0.871. The first-order valence-corrected chi connectivity index (χ1v) is 8.21. The van der Waals surface area contributed by atoms with Crippen molar-refractivity contribution in [3.8, 4) is 0 Å². The minimum Gasteiger partial charge on any atom is -0.202 e. The number of nitrogens with zero attached hydrogens (tertiary/aromatic N) is 1. The maximum atomic E-state index is 11.6. The third-order valence-electron chi connectivity index (χ3n) is 3.31. The van der Waals surface area contributed by atoms with E-state index in [4.69, 9.17) is 0 Å². The Kier molecular flexibility index (Phi) is 5.22. The summed E-state index contributed by atoms with van der Waals surface area (Å²) in [7, 11) is -0.192. The van der Waals surface area contributed by atoms with Crippen molar-refractivity contribution < 1.29 is 8.42 Å². The van der Waals surface area contributed by atoms with Crippen LogP contribution in [0.15, 0.2) is 0 Å². The van der Waals surface area contributed by atoms with Crippen LogP contribution in [-0.2, 0) is 10.2 Å². The molecule has 0 amide bonds. The van der Waals surface area contributed by atoms with E-state index in [9.17, 15) is 8.42 Å². The van der Waals surface area contributed by atoms with Gasteiger partial charge in [0.1, 0.15) is 0 Å². The van der Waals surface area contributed by atoms with E-state index in [1.165, 1.54) is 23.6 Å². The molecule has 1 rings (SSSR count). The molecule has 16 heavy (non-hydrogen) atoms. The van der Waals surface area contributed by atoms with Gasteiger partial charge in [-0.15, -0.1) is 0 Å². The Morgan fingerprint density at radius 1 is 1.25 bits per heavy atom. The molecular formula is C10H21BrN2O2S. The van der Waals surface area contributed by atoms with Gasteiger partial charge in [-0.2, -0.15) is 12.7 Å². The van der Waals surface area contributed by atoms with Crippen LogP contribution in [0.25, 0.3) is 0 Å². The summed E-state index contributed by atoms with van der Waals surface area (Å²) >= 11 is 3.52. The number of nitrogens with one attached hydrogen (secondary N) is 1. The second kappa shape index (κ2) is 5.80. The van der Waals surface area contributed by atoms with E-state index in [2.05, 4.69) is 20.7 Å². The molecular weight excluding hydrogens is 292 g/mol. The Bertz CT molecular complexity index is 311. The molecule has 1 aliphatic rings. The number of hydrogen-bond acceptors (Lipinski definition) is 2. The molecule has 6 heteroatoms. The average molecular weight is 313 g/mol. The zero-order chi connectivity index (χ0) is 12.2. The quantitative estimate of drug-likeness (QED) is 0.786. The average Bonchev–Trinajstić information content (AvgIpc) is 2.28. The van der Waals surface area contributed by atoms with Gasteiger partial charge in [-0.25, -0.2) is 4.72 Å². The first-order valence-electron chi connectivity index (χ1n) is 5.65. The number of hydrogen-bond donors (Lipinski definition) is 1. The standard InChI is InChI=1S/C10H21BrN2O2S/c1-13(2)16(14,15)12-9-10(8-11)6-4-3-5-7-10/h12H,3-9H2,1-2H3. The highest BCUT2D eigenvalue weighted by Gasteiger charge is 2.32. The third-order valence-corrected chi connectivity index (χ3v) is 5.97. The molecule has 4 nitrogen and oxygen atoms in total. The molecule has 1 saturated carbocycles. The summed E-state index contributed by atoms with van der Waals surface area (Å²) in [6.07, 6.45) is 5.89. The molecule has 0 spiro atoms. The molecule has 0 radical (unpaired) electrons. The fourth-order valence-electron chi connectivity index (χ4n) is 2.03. The maximum Gasteiger partial charge on any atom is 0.278 e. The maximum absolute atomic E-state index is 11.6. The predicted molar refractivity (Wildman–Crippen MR) is 69.9 cm³/mol. The van der Waals surface area contributed by atoms with Crippen molar-refractivity contribution in [3.05, 3.63) is 0 Å². The van der Waals surface area contributed by atoms with E-state index >= 15 is 0 Å². The van der Waals surface area contributed by atoms with Crippen LogP contribution in [0, 0.1) is 5.41 Å². The second-order valence-corrected chi connectivity index (χ2v) is 7.33. The highest BCUT2D eigenvalue weighted by Crippen LogP contribution is 2.37. The van der Waals surface area contributed by atoms with Crippen molar-refractivity contribution in [2.45, 2.75) is 32.1 Å². The van der Waals surface area contributed by atoms with Crippen LogP contribution in [0.1, 0.15) is 32.1 Å². The predicted octanol–water partition coefficient (Wildman–Crippen LogP) is 1.73. The van der Waals surface area contributed by atoms with Crippen molar-refractivity contribution in [3.63, 3.8) is 0 Å². The van der Waals surface area contributed by atoms with Crippen LogP contribution in [0.4, 0.5) is 0 Å². The van der Waals surface area contributed by atoms with Crippen LogP contribution < -0.4 is 4.72 Å². The van der Waals surface area contributed by atoms with Crippen LogP contribution >= 0.6 is 15.9 Å². The topological polar surface area (TPSA) is 49.4 Å². The van der Waals surface area contributed by atoms with Gasteiger partial charge in [-0.3, -0.25) is 0 Å². The molecule has 0 aliphatic heterocycles. The van der Waals surface area contributed by atoms with Crippen LogP contribution in [0.5, 0.6) is 0 Å². The Balaban J connectivity index is 2.58. The summed E-state index contributed by atoms with van der Waals surface area (Å²) < 4.78 is 27.2. The molecule has 96 valence electrons. The lowest BCUT2D eigenvalue weighted by Crippen LogP contribution is -2.44. The third kappa shape index (κ3) is 3.68. The fourth-order valence-corrected chi connectivity index (χ4v) is 3.54. The van der Waals surface area contributed by atoms with E-state index in [-0.39, 0.29) is 5.41 Å². The van der Waals surface area contributed by atoms with E-state index in [0.717, 1.165) is 18.2 Å². The van der Waals surface area contributed by atoms with Gasteiger partial charge in [-0.05, 0) is 18.3 Å². The fraction of sp³-hybridized carbons (Fsp3) is 1.00. The normalized spacial score (nSPS) is 21.2. The minimum absolute atomic E-state index is 0.112. The zero-order valence-electron chi connectivity index (χ0n) is 10.00. The molecule has 1 aliphatic carbocycles. The van der Waals surface area contributed by atoms with E-state index in [1.807, 2.05) is 0 Å². The Morgan fingerprint density at radius 2 is 1.81 bits per heavy atom. The molecule has 0 aromatic rings. The molecule has 0 atom stereocenters. The van der Waals surface area contributed by atoms with Gasteiger partial charge in [0.15, 0.2) is 0 Å². The first kappa shape index (κ1) is 14.4. The van der Waals surface area contributed by atoms with Crippen LogP contribution in [0.3, 0.4) is 0 Å². The molecule has 1 N–H and O–H groups in total. The summed E-state index contributed by atoms with van der Waals surface area (Å²) in [6.45, 7) is 0.540. The smallest absolute Gasteiger partial charge is 0.202 e. The van der Waals surface area contributed by atoms with Gasteiger partial charge in [0.25, 0.3) is 10.2 Å². The second-order valence-electron chi connectivity index (χ2n) is 4.80. The number of halogens is 1. The zero-order valence-corrected chi connectivity index (χ0v) is 12.4. The van der Waals surface area contributed by atoms with Gasteiger partial charge in [0.05, 0.1) is 0 Å². The van der Waals surface area contributed by atoms with Crippen molar-refractivity contribution >= 4 is 26.1 Å². The lowest BCUT2D eigenvalue weighted by molar-refractivity contribution is 0.226. The van der Waals surface area contributed by atoms with Crippen molar-refractivity contribution in [2.75, 3.05) is 26.0 Å². The number of rotatable bonds is 5. The van der Waals surface area contributed by atoms with Gasteiger partial charge in [0, 0.05) is 26.0 Å². The van der Waals surface area contributed by atoms with Gasteiger partial charge >= 0.3 is 0 Å². The molecule has 0 bridgehead atoms. The molecule has 0 unspecified atom stereocenters.